The predicted molar refractivity (Wildman–Crippen MR) is 52.0 cm³/mol. The third-order valence-electron chi connectivity index (χ3n) is 1.94. The second-order valence-corrected chi connectivity index (χ2v) is 3.01. The monoisotopic (exact) mass is 178 g/mol. The molecule has 0 aliphatic rings. The number of ketones is 1. The van der Waals surface area contributed by atoms with E-state index < -0.39 is 0 Å². The molecule has 0 N–H and O–H groups in total. The second kappa shape index (κ2) is 4.65. The van der Waals surface area contributed by atoms with Crippen LogP contribution in [0.15, 0.2) is 24.3 Å². The molecule has 0 saturated carbocycles. The number of carbonyl (C=O) groups excluding carboxylic acids is 1. The van der Waals surface area contributed by atoms with Gasteiger partial charge in [0.1, 0.15) is 11.5 Å². The molecule has 0 bridgehead atoms. The standard InChI is InChI=1S/C11H14O2/c1-9(12)7-8-10-5-3-4-6-11(10)13-2/h3-6H,7-8H2,1-2H3. The Labute approximate surface area is 78.5 Å². The summed E-state index contributed by atoms with van der Waals surface area (Å²) in [5.41, 5.74) is 1.10. The van der Waals surface area contributed by atoms with Crippen LogP contribution < -0.4 is 4.74 Å². The first-order chi connectivity index (χ1) is 6.24. The van der Waals surface area contributed by atoms with Crippen molar-refractivity contribution in [2.24, 2.45) is 0 Å². The Hall–Kier alpha value is -1.31. The number of benzene rings is 1. The lowest BCUT2D eigenvalue weighted by molar-refractivity contribution is -0.116. The number of para-hydroxylation sites is 1. The number of carbonyl (C=O) groups is 1. The molecule has 0 heterocycles. The van der Waals surface area contributed by atoms with Crippen molar-refractivity contribution in [3.8, 4) is 5.75 Å². The number of methoxy groups -OCH3 is 1. The van der Waals surface area contributed by atoms with Crippen LogP contribution in [-0.2, 0) is 11.2 Å². The zero-order valence-corrected chi connectivity index (χ0v) is 8.04. The Morgan fingerprint density at radius 3 is 2.69 bits per heavy atom. The van der Waals surface area contributed by atoms with Crippen molar-refractivity contribution in [2.75, 3.05) is 7.11 Å². The Balaban J connectivity index is 2.69. The van der Waals surface area contributed by atoms with Gasteiger partial charge in [0.15, 0.2) is 0 Å². The quantitative estimate of drug-likeness (QED) is 0.706. The molecule has 0 amide bonds. The van der Waals surface area contributed by atoms with Crippen LogP contribution in [0.2, 0.25) is 0 Å². The minimum Gasteiger partial charge on any atom is -0.496 e. The van der Waals surface area contributed by atoms with E-state index in [1.165, 1.54) is 0 Å². The number of aryl methyl sites for hydroxylation is 1. The van der Waals surface area contributed by atoms with Gasteiger partial charge in [0.05, 0.1) is 7.11 Å². The van der Waals surface area contributed by atoms with Crippen LogP contribution in [0.25, 0.3) is 0 Å². The largest absolute Gasteiger partial charge is 0.496 e. The van der Waals surface area contributed by atoms with Gasteiger partial charge in [-0.05, 0) is 25.0 Å². The smallest absolute Gasteiger partial charge is 0.130 e. The lowest BCUT2D eigenvalue weighted by atomic mass is 10.1. The third kappa shape index (κ3) is 2.90. The fraction of sp³-hybridized carbons (Fsp3) is 0.364. The summed E-state index contributed by atoms with van der Waals surface area (Å²) in [6, 6.07) is 7.78. The minimum atomic E-state index is 0.214. The normalized spacial score (nSPS) is 9.69. The molecular weight excluding hydrogens is 164 g/mol. The van der Waals surface area contributed by atoms with Crippen LogP contribution in [0.3, 0.4) is 0 Å². The molecule has 1 aromatic carbocycles. The van der Waals surface area contributed by atoms with Gasteiger partial charge in [0.2, 0.25) is 0 Å². The second-order valence-electron chi connectivity index (χ2n) is 3.01. The van der Waals surface area contributed by atoms with Crippen LogP contribution in [0.1, 0.15) is 18.9 Å². The highest BCUT2D eigenvalue weighted by Crippen LogP contribution is 2.18. The first-order valence-corrected chi connectivity index (χ1v) is 4.35. The van der Waals surface area contributed by atoms with Crippen molar-refractivity contribution in [1.29, 1.82) is 0 Å². The van der Waals surface area contributed by atoms with E-state index in [9.17, 15) is 4.79 Å². The van der Waals surface area contributed by atoms with Crippen LogP contribution in [-0.4, -0.2) is 12.9 Å². The molecule has 0 aliphatic carbocycles. The summed E-state index contributed by atoms with van der Waals surface area (Å²) < 4.78 is 5.17. The van der Waals surface area contributed by atoms with E-state index in [0.717, 1.165) is 17.7 Å². The molecule has 70 valence electrons. The third-order valence-corrected chi connectivity index (χ3v) is 1.94. The fourth-order valence-corrected chi connectivity index (χ4v) is 1.22. The average molecular weight is 178 g/mol. The van der Waals surface area contributed by atoms with Gasteiger partial charge in [-0.1, -0.05) is 18.2 Å². The first-order valence-electron chi connectivity index (χ1n) is 4.35. The first kappa shape index (κ1) is 9.78. The molecule has 1 aromatic rings. The number of Topliss-reactive ketones (excluding diaryl/α,β-unsaturated/α-hetero) is 1. The molecule has 0 spiro atoms. The Morgan fingerprint density at radius 1 is 1.38 bits per heavy atom. The van der Waals surface area contributed by atoms with Crippen LogP contribution in [0.4, 0.5) is 0 Å². The van der Waals surface area contributed by atoms with Gasteiger partial charge in [-0.15, -0.1) is 0 Å². The van der Waals surface area contributed by atoms with Gasteiger partial charge in [-0.25, -0.2) is 0 Å². The van der Waals surface area contributed by atoms with Crippen molar-refractivity contribution in [3.63, 3.8) is 0 Å². The number of ether oxygens (including phenoxy) is 1. The van der Waals surface area contributed by atoms with Crippen molar-refractivity contribution >= 4 is 5.78 Å². The van der Waals surface area contributed by atoms with E-state index in [1.54, 1.807) is 14.0 Å². The summed E-state index contributed by atoms with van der Waals surface area (Å²) in [6.45, 7) is 1.61. The van der Waals surface area contributed by atoms with E-state index in [0.29, 0.717) is 6.42 Å². The van der Waals surface area contributed by atoms with Crippen molar-refractivity contribution in [2.45, 2.75) is 19.8 Å². The minimum absolute atomic E-state index is 0.214. The highest BCUT2D eigenvalue weighted by molar-refractivity contribution is 5.75. The molecule has 0 atom stereocenters. The Kier molecular flexibility index (Phi) is 3.50. The molecule has 0 aromatic heterocycles. The van der Waals surface area contributed by atoms with E-state index in [2.05, 4.69) is 0 Å². The molecule has 13 heavy (non-hydrogen) atoms. The summed E-state index contributed by atoms with van der Waals surface area (Å²) in [7, 11) is 1.65. The van der Waals surface area contributed by atoms with Crippen LogP contribution >= 0.6 is 0 Å². The molecule has 1 rings (SSSR count). The molecule has 2 heteroatoms. The summed E-state index contributed by atoms with van der Waals surface area (Å²) in [5.74, 6) is 1.08. The van der Waals surface area contributed by atoms with E-state index in [-0.39, 0.29) is 5.78 Å². The van der Waals surface area contributed by atoms with Gasteiger partial charge < -0.3 is 9.53 Å². The maximum Gasteiger partial charge on any atom is 0.130 e. The average Bonchev–Trinajstić information content (AvgIpc) is 2.15. The van der Waals surface area contributed by atoms with E-state index in [1.807, 2.05) is 24.3 Å². The van der Waals surface area contributed by atoms with Gasteiger partial charge in [0, 0.05) is 6.42 Å². The molecule has 2 nitrogen and oxygen atoms in total. The number of hydrogen-bond acceptors (Lipinski definition) is 2. The SMILES string of the molecule is COc1ccccc1CCC(C)=O. The van der Waals surface area contributed by atoms with Gasteiger partial charge >= 0.3 is 0 Å². The van der Waals surface area contributed by atoms with E-state index >= 15 is 0 Å². The molecule has 0 fully saturated rings. The molecule has 0 radical (unpaired) electrons. The molecular formula is C11H14O2. The summed E-state index contributed by atoms with van der Waals surface area (Å²) in [4.78, 5) is 10.8. The highest BCUT2D eigenvalue weighted by atomic mass is 16.5. The fourth-order valence-electron chi connectivity index (χ4n) is 1.22. The van der Waals surface area contributed by atoms with Crippen molar-refractivity contribution in [3.05, 3.63) is 29.8 Å². The lowest BCUT2D eigenvalue weighted by Gasteiger charge is -2.06. The zero-order chi connectivity index (χ0) is 9.68. The summed E-state index contributed by atoms with van der Waals surface area (Å²) >= 11 is 0. The Bertz CT molecular complexity index is 292. The number of rotatable bonds is 4. The van der Waals surface area contributed by atoms with E-state index in [4.69, 9.17) is 4.74 Å². The van der Waals surface area contributed by atoms with Gasteiger partial charge in [-0.2, -0.15) is 0 Å². The Morgan fingerprint density at radius 2 is 2.08 bits per heavy atom. The highest BCUT2D eigenvalue weighted by Gasteiger charge is 2.02. The number of hydrogen-bond donors (Lipinski definition) is 0. The summed E-state index contributed by atoms with van der Waals surface area (Å²) in [5, 5.41) is 0. The molecule has 0 saturated heterocycles. The zero-order valence-electron chi connectivity index (χ0n) is 8.04. The van der Waals surface area contributed by atoms with Gasteiger partial charge in [0.25, 0.3) is 0 Å². The predicted octanol–water partition coefficient (Wildman–Crippen LogP) is 2.22. The lowest BCUT2D eigenvalue weighted by Crippen LogP contribution is -1.96. The van der Waals surface area contributed by atoms with Crippen LogP contribution in [0, 0.1) is 0 Å². The van der Waals surface area contributed by atoms with Crippen molar-refractivity contribution < 1.29 is 9.53 Å². The topological polar surface area (TPSA) is 26.3 Å². The molecule has 0 aliphatic heterocycles. The summed E-state index contributed by atoms with van der Waals surface area (Å²) in [6.07, 6.45) is 1.35. The maximum absolute atomic E-state index is 10.8. The van der Waals surface area contributed by atoms with Crippen molar-refractivity contribution in [1.82, 2.24) is 0 Å². The maximum atomic E-state index is 10.8. The van der Waals surface area contributed by atoms with Crippen LogP contribution in [0.5, 0.6) is 5.75 Å². The van der Waals surface area contributed by atoms with Gasteiger partial charge in [-0.3, -0.25) is 0 Å². The molecule has 0 unspecified atom stereocenters.